The number of hydrogen-bond donors (Lipinski definition) is 3. The van der Waals surface area contributed by atoms with Crippen LogP contribution in [0.4, 0.5) is 5.69 Å². The number of aryl methyl sites for hydroxylation is 1. The Labute approximate surface area is 128 Å². The van der Waals surface area contributed by atoms with Gasteiger partial charge < -0.3 is 5.32 Å². The van der Waals surface area contributed by atoms with E-state index in [0.29, 0.717) is 10.7 Å². The Bertz CT molecular complexity index is 787. The van der Waals surface area contributed by atoms with E-state index in [0.717, 1.165) is 17.3 Å². The van der Waals surface area contributed by atoms with Crippen LogP contribution >= 0.6 is 23.4 Å². The smallest absolute Gasteiger partial charge is 0.325 e. The van der Waals surface area contributed by atoms with Gasteiger partial charge in [0.05, 0.1) is 5.75 Å². The van der Waals surface area contributed by atoms with Gasteiger partial charge >= 0.3 is 5.69 Å². The van der Waals surface area contributed by atoms with E-state index in [1.165, 1.54) is 0 Å². The van der Waals surface area contributed by atoms with Gasteiger partial charge in [0.25, 0.3) is 5.56 Å². The molecule has 1 aromatic heterocycles. The number of hydrogen-bond acceptors (Lipinski definition) is 5. The molecule has 0 aliphatic rings. The summed E-state index contributed by atoms with van der Waals surface area (Å²) in [5.74, 6) is -0.303. The summed E-state index contributed by atoms with van der Waals surface area (Å²) in [7, 11) is 0. The van der Waals surface area contributed by atoms with Crippen LogP contribution in [0.15, 0.2) is 32.8 Å². The summed E-state index contributed by atoms with van der Waals surface area (Å²) in [5.41, 5.74) is 0.166. The molecule has 3 N–H and O–H groups in total. The molecule has 0 unspecified atom stereocenters. The number of benzene rings is 1. The second-order valence-electron chi connectivity index (χ2n) is 4.11. The number of carbonyl (C=O) groups is 1. The van der Waals surface area contributed by atoms with Crippen molar-refractivity contribution in [1.82, 2.24) is 15.2 Å². The fourth-order valence-electron chi connectivity index (χ4n) is 1.52. The Kier molecular flexibility index (Phi) is 4.81. The van der Waals surface area contributed by atoms with Gasteiger partial charge in [-0.2, -0.15) is 5.10 Å². The number of nitrogens with one attached hydrogen (secondary N) is 3. The molecule has 0 fully saturated rings. The summed E-state index contributed by atoms with van der Waals surface area (Å²) in [6.45, 7) is 1.82. The van der Waals surface area contributed by atoms with Gasteiger partial charge in [0.15, 0.2) is 5.03 Å². The third kappa shape index (κ3) is 4.20. The van der Waals surface area contributed by atoms with E-state index in [2.05, 4.69) is 15.5 Å². The minimum absolute atomic E-state index is 0.00973. The van der Waals surface area contributed by atoms with E-state index in [1.54, 1.807) is 18.2 Å². The zero-order valence-electron chi connectivity index (χ0n) is 10.9. The first-order valence-electron chi connectivity index (χ1n) is 5.83. The second kappa shape index (κ2) is 6.59. The third-order valence-corrected chi connectivity index (χ3v) is 3.67. The number of aromatic nitrogens is 3. The van der Waals surface area contributed by atoms with Crippen molar-refractivity contribution in [3.8, 4) is 0 Å². The van der Waals surface area contributed by atoms with Crippen molar-refractivity contribution in [3.05, 3.63) is 49.6 Å². The highest BCUT2D eigenvalue weighted by molar-refractivity contribution is 7.99. The monoisotopic (exact) mass is 326 g/mol. The first-order chi connectivity index (χ1) is 9.95. The summed E-state index contributed by atoms with van der Waals surface area (Å²) in [6.07, 6.45) is 0. The SMILES string of the molecule is Cc1cc(Cl)ccc1NC(=O)CSc1n[nH]c(=O)[nH]c1=O. The van der Waals surface area contributed by atoms with Gasteiger partial charge in [0.2, 0.25) is 5.91 Å². The quantitative estimate of drug-likeness (QED) is 0.730. The summed E-state index contributed by atoms with van der Waals surface area (Å²) in [4.78, 5) is 36.1. The lowest BCUT2D eigenvalue weighted by atomic mass is 10.2. The van der Waals surface area contributed by atoms with Crippen LogP contribution in [0, 0.1) is 6.92 Å². The average Bonchev–Trinajstić information content (AvgIpc) is 2.41. The first-order valence-corrected chi connectivity index (χ1v) is 7.20. The molecule has 0 spiro atoms. The molecular formula is C12H11ClN4O3S. The fraction of sp³-hybridized carbons (Fsp3) is 0.167. The first kappa shape index (κ1) is 15.3. The average molecular weight is 327 g/mol. The molecule has 0 bridgehead atoms. The third-order valence-electron chi connectivity index (χ3n) is 2.48. The van der Waals surface area contributed by atoms with E-state index in [-0.39, 0.29) is 16.7 Å². The highest BCUT2D eigenvalue weighted by Gasteiger charge is 2.09. The highest BCUT2D eigenvalue weighted by Crippen LogP contribution is 2.20. The summed E-state index contributed by atoms with van der Waals surface area (Å²) >= 11 is 6.76. The number of thioether (sulfide) groups is 1. The zero-order chi connectivity index (χ0) is 15.4. The van der Waals surface area contributed by atoms with Crippen LogP contribution in [0.25, 0.3) is 0 Å². The molecule has 2 rings (SSSR count). The van der Waals surface area contributed by atoms with Gasteiger partial charge in [-0.25, -0.2) is 9.89 Å². The van der Waals surface area contributed by atoms with Crippen LogP contribution < -0.4 is 16.6 Å². The Hall–Kier alpha value is -2.06. The van der Waals surface area contributed by atoms with Gasteiger partial charge in [-0.15, -0.1) is 0 Å². The van der Waals surface area contributed by atoms with E-state index >= 15 is 0 Å². The lowest BCUT2D eigenvalue weighted by Gasteiger charge is -2.08. The largest absolute Gasteiger partial charge is 0.342 e. The molecule has 0 aliphatic heterocycles. The maximum absolute atomic E-state index is 11.8. The number of rotatable bonds is 4. The van der Waals surface area contributed by atoms with Crippen molar-refractivity contribution in [1.29, 1.82) is 0 Å². The van der Waals surface area contributed by atoms with Crippen LogP contribution in [0.5, 0.6) is 0 Å². The van der Waals surface area contributed by atoms with Crippen molar-refractivity contribution in [3.63, 3.8) is 0 Å². The normalized spacial score (nSPS) is 10.4. The van der Waals surface area contributed by atoms with Crippen molar-refractivity contribution < 1.29 is 4.79 Å². The Morgan fingerprint density at radius 3 is 2.86 bits per heavy atom. The maximum atomic E-state index is 11.8. The molecule has 21 heavy (non-hydrogen) atoms. The number of carbonyl (C=O) groups excluding carboxylic acids is 1. The number of anilines is 1. The van der Waals surface area contributed by atoms with Crippen molar-refractivity contribution in [2.45, 2.75) is 11.9 Å². The van der Waals surface area contributed by atoms with Gasteiger partial charge in [0.1, 0.15) is 0 Å². The molecule has 1 amide bonds. The van der Waals surface area contributed by atoms with Crippen LogP contribution in [0.2, 0.25) is 5.02 Å². The van der Waals surface area contributed by atoms with Gasteiger partial charge in [-0.1, -0.05) is 23.4 Å². The molecule has 110 valence electrons. The van der Waals surface area contributed by atoms with Crippen molar-refractivity contribution in [2.24, 2.45) is 0 Å². The molecule has 0 atom stereocenters. The molecule has 0 saturated heterocycles. The van der Waals surface area contributed by atoms with Crippen molar-refractivity contribution >= 4 is 35.0 Å². The molecule has 0 aliphatic carbocycles. The number of amides is 1. The molecule has 1 aromatic carbocycles. The van der Waals surface area contributed by atoms with Gasteiger partial charge in [-0.3, -0.25) is 14.6 Å². The molecule has 0 radical (unpaired) electrons. The van der Waals surface area contributed by atoms with E-state index < -0.39 is 11.2 Å². The second-order valence-corrected chi connectivity index (χ2v) is 5.51. The molecular weight excluding hydrogens is 316 g/mol. The number of nitrogens with zero attached hydrogens (tertiary/aromatic N) is 1. The van der Waals surface area contributed by atoms with Crippen LogP contribution in [-0.4, -0.2) is 26.8 Å². The van der Waals surface area contributed by atoms with E-state index in [9.17, 15) is 14.4 Å². The standard InChI is InChI=1S/C12H11ClN4O3S/c1-6-4-7(13)2-3-8(6)14-9(18)5-21-11-10(19)15-12(20)17-16-11/h2-4H,5H2,1H3,(H,14,18)(H2,15,17,19,20). The number of H-pyrrole nitrogens is 2. The summed E-state index contributed by atoms with van der Waals surface area (Å²) in [5, 5.41) is 8.99. The highest BCUT2D eigenvalue weighted by atomic mass is 35.5. The predicted octanol–water partition coefficient (Wildman–Crippen LogP) is 1.15. The fourth-order valence-corrected chi connectivity index (χ4v) is 2.38. The molecule has 7 nitrogen and oxygen atoms in total. The predicted molar refractivity (Wildman–Crippen MR) is 81.0 cm³/mol. The van der Waals surface area contributed by atoms with Crippen LogP contribution in [-0.2, 0) is 4.79 Å². The van der Waals surface area contributed by atoms with E-state index in [4.69, 9.17) is 11.6 Å². The van der Waals surface area contributed by atoms with Crippen molar-refractivity contribution in [2.75, 3.05) is 11.1 Å². The summed E-state index contributed by atoms with van der Waals surface area (Å²) in [6, 6.07) is 5.11. The minimum Gasteiger partial charge on any atom is -0.325 e. The van der Waals surface area contributed by atoms with Gasteiger partial charge in [-0.05, 0) is 30.7 Å². The molecule has 9 heteroatoms. The molecule has 0 saturated carbocycles. The van der Waals surface area contributed by atoms with Crippen LogP contribution in [0.1, 0.15) is 5.56 Å². The Morgan fingerprint density at radius 2 is 2.19 bits per heavy atom. The maximum Gasteiger partial charge on any atom is 0.342 e. The lowest BCUT2D eigenvalue weighted by molar-refractivity contribution is -0.113. The zero-order valence-corrected chi connectivity index (χ0v) is 12.5. The Morgan fingerprint density at radius 1 is 1.43 bits per heavy atom. The lowest BCUT2D eigenvalue weighted by Crippen LogP contribution is -2.25. The Balaban J connectivity index is 1.99. The molecule has 1 heterocycles. The van der Waals surface area contributed by atoms with E-state index in [1.807, 2.05) is 11.9 Å². The number of aromatic amines is 2. The van der Waals surface area contributed by atoms with Crippen LogP contribution in [0.3, 0.4) is 0 Å². The number of halogens is 1. The minimum atomic E-state index is -0.689. The topological polar surface area (TPSA) is 108 Å². The van der Waals surface area contributed by atoms with Gasteiger partial charge in [0, 0.05) is 10.7 Å². The summed E-state index contributed by atoms with van der Waals surface area (Å²) < 4.78 is 0. The molecule has 2 aromatic rings.